The van der Waals surface area contributed by atoms with E-state index in [4.69, 9.17) is 9.73 Å². The number of ether oxygens (including phenoxy) is 1. The minimum atomic E-state index is -0.813. The fraction of sp³-hybridized carbons (Fsp3) is 0.269. The van der Waals surface area contributed by atoms with Crippen molar-refractivity contribution in [1.82, 2.24) is 10.3 Å². The van der Waals surface area contributed by atoms with Crippen LogP contribution in [-0.2, 0) is 16.9 Å². The summed E-state index contributed by atoms with van der Waals surface area (Å²) in [6.07, 6.45) is 3.23. The number of hydrogen-bond acceptors (Lipinski definition) is 5. The van der Waals surface area contributed by atoms with Crippen molar-refractivity contribution in [1.29, 1.82) is 0 Å². The molecule has 174 valence electrons. The third-order valence-corrected chi connectivity index (χ3v) is 7.47. The van der Waals surface area contributed by atoms with Gasteiger partial charge < -0.3 is 4.74 Å². The van der Waals surface area contributed by atoms with E-state index in [1.165, 1.54) is 24.0 Å². The second kappa shape index (κ2) is 9.54. The number of carbonyl (C=O) groups excluding carboxylic acids is 1. The Morgan fingerprint density at radius 1 is 1.15 bits per heavy atom. The Morgan fingerprint density at radius 3 is 2.82 bits per heavy atom. The zero-order chi connectivity index (χ0) is 23.5. The summed E-state index contributed by atoms with van der Waals surface area (Å²) in [5.41, 5.74) is 1.35. The molecular weight excluding hydrogens is 456 g/mol. The number of amidine groups is 1. The summed E-state index contributed by atoms with van der Waals surface area (Å²) < 4.78 is 34.9. The monoisotopic (exact) mass is 479 g/mol. The quantitative estimate of drug-likeness (QED) is 0.463. The van der Waals surface area contributed by atoms with E-state index in [9.17, 15) is 9.18 Å². The van der Waals surface area contributed by atoms with E-state index < -0.39 is 17.6 Å². The van der Waals surface area contributed by atoms with E-state index in [1.807, 2.05) is 30.3 Å². The molecule has 0 radical (unpaired) electrons. The minimum Gasteiger partial charge on any atom is -0.444 e. The van der Waals surface area contributed by atoms with Crippen LogP contribution < -0.4 is 5.32 Å². The van der Waals surface area contributed by atoms with Gasteiger partial charge in [-0.2, -0.15) is 4.39 Å². The molecule has 2 aromatic carbocycles. The lowest BCUT2D eigenvalue weighted by Gasteiger charge is -2.37. The van der Waals surface area contributed by atoms with Crippen molar-refractivity contribution in [3.63, 3.8) is 0 Å². The molecule has 34 heavy (non-hydrogen) atoms. The number of nitrogens with zero attached hydrogens (tertiary/aromatic N) is 2. The van der Waals surface area contributed by atoms with Gasteiger partial charge in [0.15, 0.2) is 5.17 Å². The first-order valence-electron chi connectivity index (χ1n) is 11.2. The SMILES string of the molecule is O=C(NC1=N[C@@]2(c3cc(-c4cccnc4F)ccc3F)CCC[C@H]2CS1)OCc1ccccc1. The maximum atomic E-state index is 15.2. The van der Waals surface area contributed by atoms with Gasteiger partial charge in [-0.05, 0) is 54.2 Å². The number of benzene rings is 2. The summed E-state index contributed by atoms with van der Waals surface area (Å²) in [7, 11) is 0. The Morgan fingerprint density at radius 2 is 2.00 bits per heavy atom. The number of carbonyl (C=O) groups is 1. The zero-order valence-corrected chi connectivity index (χ0v) is 19.2. The molecule has 0 bridgehead atoms. The molecule has 1 fully saturated rings. The van der Waals surface area contributed by atoms with Crippen molar-refractivity contribution < 1.29 is 18.3 Å². The molecule has 3 aromatic rings. The van der Waals surface area contributed by atoms with Crippen LogP contribution in [-0.4, -0.2) is 22.0 Å². The predicted molar refractivity (Wildman–Crippen MR) is 128 cm³/mol. The molecule has 5 rings (SSSR count). The fourth-order valence-electron chi connectivity index (χ4n) is 4.77. The first-order chi connectivity index (χ1) is 16.5. The first-order valence-corrected chi connectivity index (χ1v) is 12.1. The van der Waals surface area contributed by atoms with Crippen LogP contribution in [0.25, 0.3) is 11.1 Å². The van der Waals surface area contributed by atoms with E-state index in [-0.39, 0.29) is 18.3 Å². The number of alkyl carbamates (subject to hydrolysis) is 1. The third-order valence-electron chi connectivity index (χ3n) is 6.43. The minimum absolute atomic E-state index is 0.117. The summed E-state index contributed by atoms with van der Waals surface area (Å²) in [5, 5.41) is 3.14. The van der Waals surface area contributed by atoms with Gasteiger partial charge in [0.05, 0.1) is 5.54 Å². The Hall–Kier alpha value is -3.26. The van der Waals surface area contributed by atoms with Crippen molar-refractivity contribution >= 4 is 23.0 Å². The van der Waals surface area contributed by atoms with Crippen molar-refractivity contribution in [2.75, 3.05) is 5.75 Å². The highest BCUT2D eigenvalue weighted by Gasteiger charge is 2.48. The van der Waals surface area contributed by atoms with Crippen molar-refractivity contribution in [3.05, 3.63) is 89.8 Å². The molecule has 1 saturated carbocycles. The predicted octanol–water partition coefficient (Wildman–Crippen LogP) is 6.05. The van der Waals surface area contributed by atoms with Gasteiger partial charge in [0.2, 0.25) is 5.95 Å². The average Bonchev–Trinajstić information content (AvgIpc) is 3.28. The van der Waals surface area contributed by atoms with Gasteiger partial charge >= 0.3 is 6.09 Å². The van der Waals surface area contributed by atoms with Gasteiger partial charge in [-0.1, -0.05) is 54.6 Å². The van der Waals surface area contributed by atoms with E-state index in [2.05, 4.69) is 10.3 Å². The topological polar surface area (TPSA) is 63.6 Å². The van der Waals surface area contributed by atoms with E-state index in [0.29, 0.717) is 34.0 Å². The summed E-state index contributed by atoms with van der Waals surface area (Å²) in [5.74, 6) is -0.178. The lowest BCUT2D eigenvalue weighted by Crippen LogP contribution is -2.40. The summed E-state index contributed by atoms with van der Waals surface area (Å²) in [4.78, 5) is 21.0. The number of halogens is 2. The molecule has 0 saturated heterocycles. The van der Waals surface area contributed by atoms with Crippen LogP contribution in [0.3, 0.4) is 0 Å². The largest absolute Gasteiger partial charge is 0.444 e. The Labute approximate surface area is 200 Å². The number of thioether (sulfide) groups is 1. The van der Waals surface area contributed by atoms with Crippen molar-refractivity contribution in [2.45, 2.75) is 31.4 Å². The molecule has 1 aliphatic carbocycles. The lowest BCUT2D eigenvalue weighted by atomic mass is 9.80. The maximum Gasteiger partial charge on any atom is 0.413 e. The van der Waals surface area contributed by atoms with Crippen LogP contribution in [0.2, 0.25) is 0 Å². The van der Waals surface area contributed by atoms with Gasteiger partial charge in [-0.15, -0.1) is 0 Å². The van der Waals surface area contributed by atoms with E-state index in [0.717, 1.165) is 18.4 Å². The molecular formula is C26H23F2N3O2S. The highest BCUT2D eigenvalue weighted by atomic mass is 32.2. The molecule has 0 spiro atoms. The van der Waals surface area contributed by atoms with Gasteiger partial charge in [0.25, 0.3) is 0 Å². The van der Waals surface area contributed by atoms with Crippen LogP contribution in [0.4, 0.5) is 13.6 Å². The Bertz CT molecular complexity index is 1240. The number of amides is 1. The molecule has 1 aliphatic heterocycles. The molecule has 2 aliphatic rings. The molecule has 2 atom stereocenters. The summed E-state index contributed by atoms with van der Waals surface area (Å²) in [6, 6.07) is 17.3. The highest BCUT2D eigenvalue weighted by Crippen LogP contribution is 2.52. The molecule has 1 aromatic heterocycles. The smallest absolute Gasteiger partial charge is 0.413 e. The molecule has 8 heteroatoms. The summed E-state index contributed by atoms with van der Waals surface area (Å²) >= 11 is 1.44. The first kappa shape index (κ1) is 22.5. The molecule has 5 nitrogen and oxygen atoms in total. The van der Waals surface area contributed by atoms with Gasteiger partial charge in [0.1, 0.15) is 12.4 Å². The molecule has 1 N–H and O–H groups in total. The lowest BCUT2D eigenvalue weighted by molar-refractivity contribution is 0.145. The molecule has 0 unspecified atom stereocenters. The standard InChI is InChI=1S/C26H23F2N3O2S/c27-22-11-10-18(20-9-5-13-29-23(20)28)14-21(22)26-12-4-8-19(26)16-34-24(31-26)30-25(32)33-15-17-6-2-1-3-7-17/h1-3,5-7,9-11,13-14,19H,4,8,12,15-16H2,(H,30,31,32)/t19-,26-/m0/s1. The number of nitrogens with one attached hydrogen (secondary N) is 1. The van der Waals surface area contributed by atoms with Gasteiger partial charge in [-0.3, -0.25) is 10.3 Å². The van der Waals surface area contributed by atoms with Crippen LogP contribution in [0.1, 0.15) is 30.4 Å². The van der Waals surface area contributed by atoms with Gasteiger partial charge in [-0.25, -0.2) is 14.2 Å². The van der Waals surface area contributed by atoms with Crippen LogP contribution in [0.5, 0.6) is 0 Å². The second-order valence-corrected chi connectivity index (χ2v) is 9.47. The number of fused-ring (bicyclic) bond motifs is 1. The molecule has 1 amide bonds. The third kappa shape index (κ3) is 4.42. The number of pyridine rings is 1. The Kier molecular flexibility index (Phi) is 6.32. The second-order valence-electron chi connectivity index (χ2n) is 8.46. The van der Waals surface area contributed by atoms with Crippen LogP contribution >= 0.6 is 11.8 Å². The number of hydrogen-bond donors (Lipinski definition) is 1. The van der Waals surface area contributed by atoms with E-state index in [1.54, 1.807) is 24.3 Å². The van der Waals surface area contributed by atoms with Crippen molar-refractivity contribution in [2.24, 2.45) is 10.9 Å². The van der Waals surface area contributed by atoms with Crippen molar-refractivity contribution in [3.8, 4) is 11.1 Å². The number of rotatable bonds is 4. The molecule has 2 heterocycles. The van der Waals surface area contributed by atoms with Crippen LogP contribution in [0.15, 0.2) is 71.9 Å². The fourth-order valence-corrected chi connectivity index (χ4v) is 5.96. The Balaban J connectivity index is 1.43. The van der Waals surface area contributed by atoms with Gasteiger partial charge in [0, 0.05) is 23.1 Å². The summed E-state index contributed by atoms with van der Waals surface area (Å²) in [6.45, 7) is 0.145. The van der Waals surface area contributed by atoms with Crippen LogP contribution in [0, 0.1) is 17.7 Å². The average molecular weight is 480 g/mol. The highest BCUT2D eigenvalue weighted by molar-refractivity contribution is 8.13. The number of aromatic nitrogens is 1. The normalized spacial score (nSPS) is 21.5. The maximum absolute atomic E-state index is 15.2. The zero-order valence-electron chi connectivity index (χ0n) is 18.3. The number of aliphatic imine (C=N–C) groups is 1. The van der Waals surface area contributed by atoms with E-state index >= 15 is 4.39 Å².